The summed E-state index contributed by atoms with van der Waals surface area (Å²) in [5, 5.41) is 10.1. The number of H-pyrrole nitrogens is 2. The number of aromatic nitrogens is 8. The van der Waals surface area contributed by atoms with Gasteiger partial charge in [-0.25, -0.2) is 14.3 Å². The van der Waals surface area contributed by atoms with Crippen LogP contribution in [0.2, 0.25) is 0 Å². The quantitative estimate of drug-likeness (QED) is 0.221. The van der Waals surface area contributed by atoms with Crippen molar-refractivity contribution in [3.05, 3.63) is 133 Å². The summed E-state index contributed by atoms with van der Waals surface area (Å²) >= 11 is 0. The van der Waals surface area contributed by atoms with E-state index >= 15 is 4.79 Å². The molecule has 53 heavy (non-hydrogen) atoms. The minimum absolute atomic E-state index is 0.0654. The predicted octanol–water partition coefficient (Wildman–Crippen LogP) is 5.51. The normalized spacial score (nSPS) is 18.1. The van der Waals surface area contributed by atoms with Gasteiger partial charge >= 0.3 is 11.4 Å². The fraction of sp³-hybridized carbons (Fsp3) is 0.300. The Kier molecular flexibility index (Phi) is 7.33. The maximum atomic E-state index is 15.0. The minimum atomic E-state index is -0.777. The lowest BCUT2D eigenvalue weighted by atomic mass is 9.98. The Morgan fingerprint density at radius 1 is 1.06 bits per heavy atom. The van der Waals surface area contributed by atoms with Gasteiger partial charge in [-0.15, -0.1) is 0 Å². The minimum Gasteiger partial charge on any atom is -0.332 e. The zero-order chi connectivity index (χ0) is 36.8. The number of imidazole rings is 1. The molecule has 1 aliphatic carbocycles. The van der Waals surface area contributed by atoms with Gasteiger partial charge in [0.2, 0.25) is 0 Å². The number of nitrogens with zero attached hydrogens (tertiary/aromatic N) is 7. The molecular formula is C40H39N9O4. The van der Waals surface area contributed by atoms with Crippen molar-refractivity contribution in [3.8, 4) is 22.6 Å². The van der Waals surface area contributed by atoms with Gasteiger partial charge in [-0.3, -0.25) is 23.9 Å². The van der Waals surface area contributed by atoms with Crippen LogP contribution in [0.4, 0.5) is 0 Å². The maximum Gasteiger partial charge on any atom is 0.438 e. The molecule has 2 atom stereocenters. The molecule has 1 amide bonds. The van der Waals surface area contributed by atoms with Crippen LogP contribution in [0.15, 0.2) is 81.2 Å². The number of aromatic amines is 2. The van der Waals surface area contributed by atoms with E-state index < -0.39 is 11.3 Å². The molecule has 5 aromatic heterocycles. The van der Waals surface area contributed by atoms with Crippen LogP contribution in [0.1, 0.15) is 70.2 Å². The molecule has 9 rings (SSSR count). The van der Waals surface area contributed by atoms with Gasteiger partial charge in [-0.2, -0.15) is 5.10 Å². The van der Waals surface area contributed by atoms with Crippen LogP contribution < -0.4 is 11.4 Å². The summed E-state index contributed by atoms with van der Waals surface area (Å²) in [6.45, 7) is 11.0. The molecule has 13 heteroatoms. The highest BCUT2D eigenvalue weighted by atomic mass is 16.5. The van der Waals surface area contributed by atoms with Crippen LogP contribution in [0.3, 0.4) is 0 Å². The molecule has 1 fully saturated rings. The Morgan fingerprint density at radius 3 is 2.53 bits per heavy atom. The molecule has 2 aliphatic rings. The van der Waals surface area contributed by atoms with Gasteiger partial charge in [0.1, 0.15) is 17.1 Å². The van der Waals surface area contributed by atoms with Gasteiger partial charge in [0.05, 0.1) is 17.9 Å². The smallest absolute Gasteiger partial charge is 0.332 e. The van der Waals surface area contributed by atoms with E-state index in [0.29, 0.717) is 36.7 Å². The first kappa shape index (κ1) is 32.7. The molecule has 6 heterocycles. The summed E-state index contributed by atoms with van der Waals surface area (Å²) in [7, 11) is 0. The molecule has 0 radical (unpaired) electrons. The van der Waals surface area contributed by atoms with Crippen LogP contribution in [0, 0.1) is 26.7 Å². The summed E-state index contributed by atoms with van der Waals surface area (Å²) < 4.78 is 10.4. The molecule has 0 spiro atoms. The number of benzene rings is 2. The monoisotopic (exact) mass is 709 g/mol. The fourth-order valence-electron chi connectivity index (χ4n) is 8.47. The molecule has 268 valence electrons. The number of nitrogens with one attached hydrogen (secondary N) is 2. The lowest BCUT2D eigenvalue weighted by molar-refractivity contribution is 0.0721. The van der Waals surface area contributed by atoms with Gasteiger partial charge in [-0.1, -0.05) is 31.1 Å². The number of hydrogen-bond acceptors (Lipinski definition) is 7. The highest BCUT2D eigenvalue weighted by Crippen LogP contribution is 2.56. The van der Waals surface area contributed by atoms with Crippen molar-refractivity contribution in [1.82, 2.24) is 43.9 Å². The maximum absolute atomic E-state index is 15.0. The van der Waals surface area contributed by atoms with Crippen LogP contribution in [0.5, 0.6) is 0 Å². The van der Waals surface area contributed by atoms with E-state index in [0.717, 1.165) is 67.8 Å². The Labute approximate surface area is 303 Å². The Balaban J connectivity index is 1.19. The largest absolute Gasteiger partial charge is 0.438 e. The van der Waals surface area contributed by atoms with E-state index in [-0.39, 0.29) is 24.1 Å². The Hall–Kier alpha value is -6.24. The van der Waals surface area contributed by atoms with Gasteiger partial charge < -0.3 is 14.5 Å². The number of aryl methyl sites for hydroxylation is 3. The number of amides is 1. The number of fused-ring (bicyclic) bond motifs is 2. The summed E-state index contributed by atoms with van der Waals surface area (Å²) in [6.07, 6.45) is 7.14. The lowest BCUT2D eigenvalue weighted by Gasteiger charge is -2.29. The average Bonchev–Trinajstić information content (AvgIpc) is 3.65. The summed E-state index contributed by atoms with van der Waals surface area (Å²) in [5.41, 5.74) is 9.21. The third kappa shape index (κ3) is 5.05. The van der Waals surface area contributed by atoms with E-state index in [9.17, 15) is 9.59 Å². The SMILES string of the molecule is CCc1nccc(-c2ccc3c(c2)cc(C(=O)N2CCc4nn(-c5cc(C)cc(C)c5)c(-n5cc[nH]c5=O)c4C2)n3[C@@]2(c3noc(=O)[nH]3)C[C@H]2C)c1C. The third-order valence-electron chi connectivity index (χ3n) is 11.1. The van der Waals surface area contributed by atoms with E-state index in [2.05, 4.69) is 69.7 Å². The first-order valence-electron chi connectivity index (χ1n) is 18.0. The van der Waals surface area contributed by atoms with Crippen LogP contribution in [-0.2, 0) is 24.9 Å². The van der Waals surface area contributed by atoms with Crippen molar-refractivity contribution in [1.29, 1.82) is 0 Å². The molecule has 7 aromatic rings. The number of carbonyl (C=O) groups excluding carboxylic acids is 1. The topological polar surface area (TPSA) is 153 Å². The highest BCUT2D eigenvalue weighted by molar-refractivity contribution is 6.00. The van der Waals surface area contributed by atoms with Gasteiger partial charge in [0, 0.05) is 53.7 Å². The molecule has 0 saturated heterocycles. The molecule has 0 bridgehead atoms. The first-order chi connectivity index (χ1) is 25.6. The second-order valence-electron chi connectivity index (χ2n) is 14.5. The van der Waals surface area contributed by atoms with Crippen LogP contribution in [-0.4, -0.2) is 56.4 Å². The summed E-state index contributed by atoms with van der Waals surface area (Å²) in [6, 6.07) is 16.4. The molecule has 2 N–H and O–H groups in total. The van der Waals surface area contributed by atoms with Gasteiger partial charge in [-0.05, 0) is 104 Å². The highest BCUT2D eigenvalue weighted by Gasteiger charge is 2.59. The van der Waals surface area contributed by atoms with E-state index in [1.165, 1.54) is 0 Å². The summed E-state index contributed by atoms with van der Waals surface area (Å²) in [4.78, 5) is 52.3. The molecule has 13 nitrogen and oxygen atoms in total. The molecular weight excluding hydrogens is 670 g/mol. The Bertz CT molecular complexity index is 2700. The van der Waals surface area contributed by atoms with Crippen molar-refractivity contribution >= 4 is 16.8 Å². The van der Waals surface area contributed by atoms with Crippen molar-refractivity contribution in [2.45, 2.75) is 66.0 Å². The van der Waals surface area contributed by atoms with Crippen molar-refractivity contribution in [3.63, 3.8) is 0 Å². The van der Waals surface area contributed by atoms with Gasteiger partial charge in [0.25, 0.3) is 5.91 Å². The predicted molar refractivity (Wildman–Crippen MR) is 199 cm³/mol. The molecule has 0 unspecified atom stereocenters. The zero-order valence-electron chi connectivity index (χ0n) is 30.2. The number of pyridine rings is 1. The number of hydrogen-bond donors (Lipinski definition) is 2. The van der Waals surface area contributed by atoms with E-state index in [1.807, 2.05) is 53.9 Å². The van der Waals surface area contributed by atoms with E-state index in [4.69, 9.17) is 9.62 Å². The zero-order valence-corrected chi connectivity index (χ0v) is 30.2. The van der Waals surface area contributed by atoms with Crippen molar-refractivity contribution in [2.75, 3.05) is 6.54 Å². The molecule has 2 aromatic carbocycles. The van der Waals surface area contributed by atoms with Crippen molar-refractivity contribution in [2.24, 2.45) is 5.92 Å². The van der Waals surface area contributed by atoms with Crippen molar-refractivity contribution < 1.29 is 9.32 Å². The Morgan fingerprint density at radius 2 is 1.85 bits per heavy atom. The molecule has 1 aliphatic heterocycles. The fourth-order valence-corrected chi connectivity index (χ4v) is 8.47. The molecule has 1 saturated carbocycles. The average molecular weight is 710 g/mol. The lowest BCUT2D eigenvalue weighted by Crippen LogP contribution is -2.39. The number of carbonyl (C=O) groups is 1. The summed E-state index contributed by atoms with van der Waals surface area (Å²) in [5.74, 6) is 0.258. The van der Waals surface area contributed by atoms with Crippen LogP contribution >= 0.6 is 0 Å². The second kappa shape index (κ2) is 11.9. The first-order valence-corrected chi connectivity index (χ1v) is 18.0. The number of rotatable bonds is 7. The third-order valence-corrected chi connectivity index (χ3v) is 11.1. The second-order valence-corrected chi connectivity index (χ2v) is 14.5. The standard InChI is InChI=1S/C40H39N9O4/c1-6-31-25(5)29(9-11-41-31)26-7-8-33-27(18-26)19-34(48(33)40(20-24(40)4)37-43-39(52)53-45-37)36(50)46-13-10-32-30(21-46)35(47-14-12-42-38(47)51)49(44-32)28-16-22(2)15-23(3)17-28/h7-9,11-12,14-19,24H,6,10,13,20-21H2,1-5H3,(H,42,51)(H,43,45,52)/t24-,40+/m1/s1. The van der Waals surface area contributed by atoms with Crippen LogP contribution in [0.25, 0.3) is 33.5 Å². The van der Waals surface area contributed by atoms with E-state index in [1.54, 1.807) is 17.0 Å². The van der Waals surface area contributed by atoms with Gasteiger partial charge in [0.15, 0.2) is 5.82 Å².